The van der Waals surface area contributed by atoms with Crippen LogP contribution >= 0.6 is 11.6 Å². The van der Waals surface area contributed by atoms with E-state index in [1.807, 2.05) is 43.3 Å². The Hall–Kier alpha value is -2.85. The minimum atomic E-state index is 0.0445. The summed E-state index contributed by atoms with van der Waals surface area (Å²) in [6.07, 6.45) is 7.98. The number of benzene rings is 2. The molecular formula is C24H25ClN4. The first kappa shape index (κ1) is 19.5. The van der Waals surface area contributed by atoms with Gasteiger partial charge in [0.2, 0.25) is 0 Å². The lowest BCUT2D eigenvalue weighted by Crippen LogP contribution is -2.35. The molecule has 0 fully saturated rings. The number of nitrogens with zero attached hydrogens (tertiary/aromatic N) is 4. The number of hydrogen-bond donors (Lipinski definition) is 0. The van der Waals surface area contributed by atoms with Gasteiger partial charge in [0.05, 0.1) is 12.2 Å². The van der Waals surface area contributed by atoms with Crippen molar-refractivity contribution in [1.29, 1.82) is 0 Å². The quantitative estimate of drug-likeness (QED) is 0.543. The Morgan fingerprint density at radius 1 is 1.07 bits per heavy atom. The highest BCUT2D eigenvalue weighted by Crippen LogP contribution is 2.36. The molecule has 29 heavy (non-hydrogen) atoms. The molecule has 0 radical (unpaired) electrons. The molecule has 2 unspecified atom stereocenters. The molecule has 0 aliphatic carbocycles. The summed E-state index contributed by atoms with van der Waals surface area (Å²) in [7, 11) is 1.94. The average Bonchev–Trinajstić information content (AvgIpc) is 3.16. The molecule has 148 valence electrons. The van der Waals surface area contributed by atoms with E-state index in [1.54, 1.807) is 0 Å². The van der Waals surface area contributed by atoms with Gasteiger partial charge in [0.1, 0.15) is 6.17 Å². The van der Waals surface area contributed by atoms with E-state index < -0.39 is 0 Å². The summed E-state index contributed by atoms with van der Waals surface area (Å²) in [6, 6.07) is 15.0. The second-order valence-electron chi connectivity index (χ2n) is 7.56. The van der Waals surface area contributed by atoms with Gasteiger partial charge in [0.25, 0.3) is 0 Å². The first-order chi connectivity index (χ1) is 13.9. The highest BCUT2D eigenvalue weighted by molar-refractivity contribution is 6.31. The van der Waals surface area contributed by atoms with Gasteiger partial charge in [-0.2, -0.15) is 5.10 Å². The van der Waals surface area contributed by atoms with Crippen LogP contribution in [0, 0.1) is 6.92 Å². The fourth-order valence-corrected chi connectivity index (χ4v) is 4.01. The minimum absolute atomic E-state index is 0.0445. The molecule has 4 nitrogen and oxygen atoms in total. The Balaban J connectivity index is 1.71. The minimum Gasteiger partial charge on any atom is -0.343 e. The Morgan fingerprint density at radius 2 is 1.90 bits per heavy atom. The van der Waals surface area contributed by atoms with E-state index >= 15 is 0 Å². The Kier molecular flexibility index (Phi) is 5.29. The summed E-state index contributed by atoms with van der Waals surface area (Å²) in [5.74, 6) is 0. The highest BCUT2D eigenvalue weighted by Gasteiger charge is 2.26. The van der Waals surface area contributed by atoms with Crippen LogP contribution < -0.4 is 0 Å². The summed E-state index contributed by atoms with van der Waals surface area (Å²) in [6.45, 7) is 6.40. The van der Waals surface area contributed by atoms with E-state index in [2.05, 4.69) is 71.3 Å². The van der Waals surface area contributed by atoms with Crippen LogP contribution in [0.1, 0.15) is 36.6 Å². The van der Waals surface area contributed by atoms with Crippen molar-refractivity contribution in [2.45, 2.75) is 33.0 Å². The van der Waals surface area contributed by atoms with Crippen molar-refractivity contribution < 1.29 is 0 Å². The third kappa shape index (κ3) is 3.85. The topological polar surface area (TPSA) is 33.4 Å². The summed E-state index contributed by atoms with van der Waals surface area (Å²) in [5, 5.41) is 5.09. The fourth-order valence-electron chi connectivity index (χ4n) is 3.89. The maximum atomic E-state index is 6.25. The molecule has 5 heteroatoms. The predicted molar refractivity (Wildman–Crippen MR) is 121 cm³/mol. The van der Waals surface area contributed by atoms with Gasteiger partial charge in [-0.3, -0.25) is 9.67 Å². The van der Waals surface area contributed by atoms with Crippen molar-refractivity contribution in [2.75, 3.05) is 0 Å². The first-order valence-electron chi connectivity index (χ1n) is 9.81. The van der Waals surface area contributed by atoms with Crippen LogP contribution in [0.5, 0.6) is 0 Å². The van der Waals surface area contributed by atoms with Gasteiger partial charge in [-0.25, -0.2) is 0 Å². The number of rotatable bonds is 4. The van der Waals surface area contributed by atoms with E-state index in [9.17, 15) is 0 Å². The number of aliphatic imine (C=N–C) groups is 1. The van der Waals surface area contributed by atoms with Crippen molar-refractivity contribution in [1.82, 2.24) is 14.7 Å². The third-order valence-corrected chi connectivity index (χ3v) is 5.92. The van der Waals surface area contributed by atoms with Gasteiger partial charge in [-0.15, -0.1) is 0 Å². The molecule has 0 saturated carbocycles. The van der Waals surface area contributed by atoms with Gasteiger partial charge >= 0.3 is 0 Å². The number of aromatic nitrogens is 2. The van der Waals surface area contributed by atoms with E-state index in [0.717, 1.165) is 27.4 Å². The molecule has 0 N–H and O–H groups in total. The summed E-state index contributed by atoms with van der Waals surface area (Å²) in [4.78, 5) is 7.01. The van der Waals surface area contributed by atoms with Gasteiger partial charge in [-0.1, -0.05) is 35.9 Å². The van der Waals surface area contributed by atoms with Gasteiger partial charge in [-0.05, 0) is 67.3 Å². The molecule has 0 bridgehead atoms. The second-order valence-corrected chi connectivity index (χ2v) is 7.96. The van der Waals surface area contributed by atoms with Crippen molar-refractivity contribution in [3.8, 4) is 11.1 Å². The molecule has 0 saturated heterocycles. The second kappa shape index (κ2) is 7.88. The van der Waals surface area contributed by atoms with Crippen LogP contribution in [0.15, 0.2) is 65.9 Å². The Bertz CT molecular complexity index is 1100. The van der Waals surface area contributed by atoms with Crippen LogP contribution in [0.4, 0.5) is 0 Å². The normalized spacial score (nSPS) is 17.3. The highest BCUT2D eigenvalue weighted by atomic mass is 35.5. The molecular weight excluding hydrogens is 380 g/mol. The van der Waals surface area contributed by atoms with Gasteiger partial charge in [0, 0.05) is 35.7 Å². The molecule has 2 atom stereocenters. The predicted octanol–water partition coefficient (Wildman–Crippen LogP) is 5.88. The zero-order valence-electron chi connectivity index (χ0n) is 17.2. The SMILES string of the molecule is Cc1cc(C2=CC=NC(C)N2C(C)c2cccc(-c3cnn(C)c3)c2)ccc1Cl. The van der Waals surface area contributed by atoms with E-state index in [-0.39, 0.29) is 12.2 Å². The van der Waals surface area contributed by atoms with Crippen molar-refractivity contribution >= 4 is 23.5 Å². The third-order valence-electron chi connectivity index (χ3n) is 5.49. The smallest absolute Gasteiger partial charge is 0.118 e. The molecule has 2 heterocycles. The van der Waals surface area contributed by atoms with Crippen molar-refractivity contribution in [3.05, 3.63) is 82.6 Å². The molecule has 2 aromatic carbocycles. The zero-order valence-corrected chi connectivity index (χ0v) is 17.9. The van der Waals surface area contributed by atoms with Gasteiger partial charge < -0.3 is 4.90 Å². The zero-order chi connectivity index (χ0) is 20.5. The molecule has 0 spiro atoms. The maximum Gasteiger partial charge on any atom is 0.118 e. The Labute approximate surface area is 177 Å². The number of aryl methyl sites for hydroxylation is 2. The van der Waals surface area contributed by atoms with Crippen molar-refractivity contribution in [3.63, 3.8) is 0 Å². The van der Waals surface area contributed by atoms with Gasteiger partial charge in [0.15, 0.2) is 0 Å². The molecule has 0 amide bonds. The molecule has 3 aromatic rings. The van der Waals surface area contributed by atoms with Crippen molar-refractivity contribution in [2.24, 2.45) is 12.0 Å². The monoisotopic (exact) mass is 404 g/mol. The van der Waals surface area contributed by atoms with Crippen LogP contribution in [-0.2, 0) is 7.05 Å². The largest absolute Gasteiger partial charge is 0.343 e. The summed E-state index contributed by atoms with van der Waals surface area (Å²) >= 11 is 6.25. The average molecular weight is 405 g/mol. The maximum absolute atomic E-state index is 6.25. The van der Waals surface area contributed by atoms with Crippen LogP contribution in [0.3, 0.4) is 0 Å². The summed E-state index contributed by atoms with van der Waals surface area (Å²) < 4.78 is 1.83. The van der Waals surface area contributed by atoms with E-state index in [1.165, 1.54) is 11.1 Å². The molecule has 1 aliphatic heterocycles. The number of halogens is 1. The molecule has 1 aromatic heterocycles. The van der Waals surface area contributed by atoms with Crippen LogP contribution in [0.2, 0.25) is 5.02 Å². The fraction of sp³-hybridized carbons (Fsp3) is 0.250. The summed E-state index contributed by atoms with van der Waals surface area (Å²) in [5.41, 5.74) is 6.92. The standard InChI is InChI=1S/C24H25ClN4/c1-16-12-21(8-9-23(16)25)24-10-11-26-18(3)29(24)17(2)19-6-5-7-20(13-19)22-14-27-28(4)15-22/h5-15,17-18H,1-4H3. The van der Waals surface area contributed by atoms with E-state index in [4.69, 9.17) is 11.6 Å². The number of hydrogen-bond acceptors (Lipinski definition) is 3. The molecule has 4 rings (SSSR count). The van der Waals surface area contributed by atoms with E-state index in [0.29, 0.717) is 0 Å². The lowest BCUT2D eigenvalue weighted by atomic mass is 9.98. The lowest BCUT2D eigenvalue weighted by Gasteiger charge is -2.38. The lowest BCUT2D eigenvalue weighted by molar-refractivity contribution is 0.252. The van der Waals surface area contributed by atoms with Crippen LogP contribution in [-0.4, -0.2) is 27.1 Å². The first-order valence-corrected chi connectivity index (χ1v) is 10.2. The Morgan fingerprint density at radius 3 is 2.62 bits per heavy atom. The molecule has 1 aliphatic rings. The van der Waals surface area contributed by atoms with Crippen LogP contribution in [0.25, 0.3) is 16.8 Å². The number of allylic oxidation sites excluding steroid dienone is 1.